The van der Waals surface area contributed by atoms with Gasteiger partial charge in [0.05, 0.1) is 17.0 Å². The van der Waals surface area contributed by atoms with E-state index in [9.17, 15) is 13.2 Å². The van der Waals surface area contributed by atoms with E-state index in [-0.39, 0.29) is 22.8 Å². The molecule has 26 heavy (non-hydrogen) atoms. The van der Waals surface area contributed by atoms with Gasteiger partial charge in [-0.25, -0.2) is 12.4 Å². The number of aryl methyl sites for hydroxylation is 1. The number of aromatic nitrogens is 1. The number of rotatable bonds is 5. The van der Waals surface area contributed by atoms with Gasteiger partial charge in [-0.2, -0.15) is 0 Å². The lowest BCUT2D eigenvalue weighted by atomic mass is 10.2. The lowest BCUT2D eigenvalue weighted by molar-refractivity contribution is -0.136. The third kappa shape index (κ3) is 3.55. The molecule has 5 nitrogen and oxygen atoms in total. The number of nitrogens with zero attached hydrogens (tertiary/aromatic N) is 1. The lowest BCUT2D eigenvalue weighted by Gasteiger charge is -2.13. The number of carboxylic acid groups (broad SMARTS) is 1. The SMILES string of the molecule is O=C(O)CCc1cc2cc(Cl)ccc2n1S(=O)(=O)c1ccc(Cl)cc1Cl. The Morgan fingerprint density at radius 3 is 2.31 bits per heavy atom. The van der Waals surface area contributed by atoms with E-state index in [1.807, 2.05) is 0 Å². The van der Waals surface area contributed by atoms with Gasteiger partial charge in [-0.3, -0.25) is 4.79 Å². The quantitative estimate of drug-likeness (QED) is 0.625. The summed E-state index contributed by atoms with van der Waals surface area (Å²) in [4.78, 5) is 10.8. The van der Waals surface area contributed by atoms with Crippen molar-refractivity contribution in [3.63, 3.8) is 0 Å². The van der Waals surface area contributed by atoms with Crippen molar-refractivity contribution in [2.24, 2.45) is 0 Å². The molecule has 0 radical (unpaired) electrons. The first-order valence-electron chi connectivity index (χ1n) is 7.42. The standard InChI is InChI=1S/C17H12Cl3NO4S/c18-11-1-4-15-10(7-11)8-13(3-6-17(22)23)21(15)26(24,25)16-5-2-12(19)9-14(16)20/h1-2,4-5,7-9H,3,6H2,(H,22,23). The molecule has 0 aliphatic rings. The van der Waals surface area contributed by atoms with Crippen LogP contribution in [0.5, 0.6) is 0 Å². The Morgan fingerprint density at radius 1 is 1.00 bits per heavy atom. The molecule has 0 saturated carbocycles. The zero-order valence-corrected chi connectivity index (χ0v) is 16.2. The summed E-state index contributed by atoms with van der Waals surface area (Å²) in [6.45, 7) is 0. The largest absolute Gasteiger partial charge is 0.481 e. The van der Waals surface area contributed by atoms with Gasteiger partial charge in [0, 0.05) is 21.1 Å². The molecular weight excluding hydrogens is 421 g/mol. The summed E-state index contributed by atoms with van der Waals surface area (Å²) in [6, 6.07) is 10.5. The fourth-order valence-electron chi connectivity index (χ4n) is 2.69. The van der Waals surface area contributed by atoms with E-state index in [1.54, 1.807) is 24.3 Å². The van der Waals surface area contributed by atoms with Crippen LogP contribution < -0.4 is 0 Å². The molecule has 0 aliphatic carbocycles. The van der Waals surface area contributed by atoms with Gasteiger partial charge in [0.25, 0.3) is 10.0 Å². The fourth-order valence-corrected chi connectivity index (χ4v) is 5.20. The second kappa shape index (κ2) is 7.12. The molecule has 2 aromatic carbocycles. The highest BCUT2D eigenvalue weighted by molar-refractivity contribution is 7.90. The Hall–Kier alpha value is -1.73. The molecule has 0 unspecified atom stereocenters. The summed E-state index contributed by atoms with van der Waals surface area (Å²) in [5.41, 5.74) is 0.719. The van der Waals surface area contributed by atoms with E-state index in [2.05, 4.69) is 0 Å². The molecule has 1 N–H and O–H groups in total. The minimum atomic E-state index is -4.07. The summed E-state index contributed by atoms with van der Waals surface area (Å²) in [7, 11) is -4.07. The Labute approximate surface area is 164 Å². The van der Waals surface area contributed by atoms with Crippen molar-refractivity contribution in [2.45, 2.75) is 17.7 Å². The average Bonchev–Trinajstić information content (AvgIpc) is 2.90. The second-order valence-electron chi connectivity index (χ2n) is 5.58. The van der Waals surface area contributed by atoms with E-state index in [1.165, 1.54) is 18.2 Å². The van der Waals surface area contributed by atoms with Crippen LogP contribution in [0.3, 0.4) is 0 Å². The van der Waals surface area contributed by atoms with Gasteiger partial charge >= 0.3 is 5.97 Å². The maximum atomic E-state index is 13.2. The molecule has 0 fully saturated rings. The molecule has 0 bridgehead atoms. The van der Waals surface area contributed by atoms with E-state index in [0.717, 1.165) is 3.97 Å². The van der Waals surface area contributed by atoms with Crippen LogP contribution in [0.15, 0.2) is 47.4 Å². The van der Waals surface area contributed by atoms with Crippen LogP contribution in [0.2, 0.25) is 15.1 Å². The Morgan fingerprint density at radius 2 is 1.65 bits per heavy atom. The number of halogens is 3. The van der Waals surface area contributed by atoms with Crippen molar-refractivity contribution >= 4 is 61.7 Å². The second-order valence-corrected chi connectivity index (χ2v) is 8.61. The van der Waals surface area contributed by atoms with Crippen LogP contribution in [0, 0.1) is 0 Å². The number of fused-ring (bicyclic) bond motifs is 1. The summed E-state index contributed by atoms with van der Waals surface area (Å²) in [6.07, 6.45) is -0.181. The van der Waals surface area contributed by atoms with Crippen molar-refractivity contribution in [1.82, 2.24) is 3.97 Å². The van der Waals surface area contributed by atoms with Gasteiger partial charge in [-0.1, -0.05) is 34.8 Å². The zero-order valence-electron chi connectivity index (χ0n) is 13.1. The normalized spacial score (nSPS) is 11.8. The number of carbonyl (C=O) groups is 1. The highest BCUT2D eigenvalue weighted by Gasteiger charge is 2.25. The maximum Gasteiger partial charge on any atom is 0.303 e. The predicted octanol–water partition coefficient (Wildman–Crippen LogP) is 4.86. The fraction of sp³-hybridized carbons (Fsp3) is 0.118. The molecule has 1 aromatic heterocycles. The third-order valence-electron chi connectivity index (χ3n) is 3.80. The van der Waals surface area contributed by atoms with Gasteiger partial charge in [0.1, 0.15) is 4.90 Å². The number of hydrogen-bond acceptors (Lipinski definition) is 3. The number of aliphatic carboxylic acids is 1. The smallest absolute Gasteiger partial charge is 0.303 e. The first-order chi connectivity index (χ1) is 12.2. The number of benzene rings is 2. The highest BCUT2D eigenvalue weighted by Crippen LogP contribution is 2.32. The lowest BCUT2D eigenvalue weighted by Crippen LogP contribution is -2.16. The van der Waals surface area contributed by atoms with E-state index in [4.69, 9.17) is 39.9 Å². The molecule has 3 aromatic rings. The first-order valence-corrected chi connectivity index (χ1v) is 10.00. The highest BCUT2D eigenvalue weighted by atomic mass is 35.5. The molecule has 1 heterocycles. The van der Waals surface area contributed by atoms with Crippen molar-refractivity contribution < 1.29 is 18.3 Å². The van der Waals surface area contributed by atoms with Gasteiger partial charge < -0.3 is 5.11 Å². The number of carboxylic acids is 1. The van der Waals surface area contributed by atoms with Gasteiger partial charge in [-0.05, 0) is 48.9 Å². The molecule has 0 spiro atoms. The zero-order chi connectivity index (χ0) is 19.1. The van der Waals surface area contributed by atoms with Crippen molar-refractivity contribution in [1.29, 1.82) is 0 Å². The number of hydrogen-bond donors (Lipinski definition) is 1. The van der Waals surface area contributed by atoms with Crippen molar-refractivity contribution in [3.8, 4) is 0 Å². The van der Waals surface area contributed by atoms with Crippen LogP contribution >= 0.6 is 34.8 Å². The predicted molar refractivity (Wildman–Crippen MR) is 102 cm³/mol. The molecule has 136 valence electrons. The monoisotopic (exact) mass is 431 g/mol. The molecule has 3 rings (SSSR count). The van der Waals surface area contributed by atoms with Crippen LogP contribution in [0.4, 0.5) is 0 Å². The van der Waals surface area contributed by atoms with Gasteiger partial charge in [-0.15, -0.1) is 0 Å². The molecule has 0 atom stereocenters. The van der Waals surface area contributed by atoms with Crippen LogP contribution in [0.1, 0.15) is 12.1 Å². The summed E-state index contributed by atoms with van der Waals surface area (Å²) >= 11 is 17.9. The van der Waals surface area contributed by atoms with E-state index in [0.29, 0.717) is 26.6 Å². The molecule has 0 amide bonds. The van der Waals surface area contributed by atoms with E-state index < -0.39 is 16.0 Å². The maximum absolute atomic E-state index is 13.2. The van der Waals surface area contributed by atoms with Crippen molar-refractivity contribution in [3.05, 3.63) is 63.2 Å². The Balaban J connectivity index is 2.27. The van der Waals surface area contributed by atoms with Crippen molar-refractivity contribution in [2.75, 3.05) is 0 Å². The molecule has 0 saturated heterocycles. The minimum absolute atomic E-state index is 0.0162. The van der Waals surface area contributed by atoms with Gasteiger partial charge in [0.15, 0.2) is 0 Å². The Kier molecular flexibility index (Phi) is 5.21. The molecule has 9 heteroatoms. The summed E-state index contributed by atoms with van der Waals surface area (Å²) in [5.74, 6) is -1.03. The van der Waals surface area contributed by atoms with Gasteiger partial charge in [0.2, 0.25) is 0 Å². The minimum Gasteiger partial charge on any atom is -0.481 e. The molecular formula is C17H12Cl3NO4S. The average molecular weight is 433 g/mol. The third-order valence-corrected chi connectivity index (χ3v) is 6.52. The van der Waals surface area contributed by atoms with Crippen LogP contribution in [-0.4, -0.2) is 23.5 Å². The topological polar surface area (TPSA) is 76.4 Å². The summed E-state index contributed by atoms with van der Waals surface area (Å²) in [5, 5.41) is 10.3. The molecule has 0 aliphatic heterocycles. The van der Waals surface area contributed by atoms with Crippen LogP contribution in [-0.2, 0) is 21.2 Å². The summed E-state index contributed by atoms with van der Waals surface area (Å²) < 4.78 is 27.6. The Bertz CT molecular complexity index is 1120. The first kappa shape index (κ1) is 19.0. The van der Waals surface area contributed by atoms with Crippen LogP contribution in [0.25, 0.3) is 10.9 Å². The van der Waals surface area contributed by atoms with E-state index >= 15 is 0 Å².